The van der Waals surface area contributed by atoms with Gasteiger partial charge in [0, 0.05) is 19.8 Å². The average Bonchev–Trinajstić information content (AvgIpc) is 2.16. The Balaban J connectivity index is 2.18. The SMILES string of the molecule is NC[C@H](CO)CC1CCOCC1. The van der Waals surface area contributed by atoms with Gasteiger partial charge in [0.2, 0.25) is 0 Å². The van der Waals surface area contributed by atoms with E-state index in [2.05, 4.69) is 0 Å². The van der Waals surface area contributed by atoms with E-state index in [4.69, 9.17) is 15.6 Å². The van der Waals surface area contributed by atoms with Crippen LogP contribution in [0, 0.1) is 11.8 Å². The quantitative estimate of drug-likeness (QED) is 0.646. The maximum Gasteiger partial charge on any atom is 0.0471 e. The summed E-state index contributed by atoms with van der Waals surface area (Å²) in [7, 11) is 0. The zero-order chi connectivity index (χ0) is 8.81. The molecule has 1 fully saturated rings. The zero-order valence-electron chi connectivity index (χ0n) is 7.54. The molecule has 3 heteroatoms. The van der Waals surface area contributed by atoms with E-state index in [9.17, 15) is 0 Å². The third-order valence-corrected chi connectivity index (χ3v) is 2.60. The van der Waals surface area contributed by atoms with Crippen molar-refractivity contribution in [3.63, 3.8) is 0 Å². The maximum absolute atomic E-state index is 8.95. The van der Waals surface area contributed by atoms with E-state index < -0.39 is 0 Å². The van der Waals surface area contributed by atoms with E-state index in [-0.39, 0.29) is 6.61 Å². The molecule has 0 spiro atoms. The number of rotatable bonds is 4. The third-order valence-electron chi connectivity index (χ3n) is 2.60. The third kappa shape index (κ3) is 3.09. The van der Waals surface area contributed by atoms with Gasteiger partial charge >= 0.3 is 0 Å². The Hall–Kier alpha value is -0.120. The van der Waals surface area contributed by atoms with Crippen LogP contribution in [0.15, 0.2) is 0 Å². The Labute approximate surface area is 73.9 Å². The molecule has 1 saturated heterocycles. The summed E-state index contributed by atoms with van der Waals surface area (Å²) in [4.78, 5) is 0. The van der Waals surface area contributed by atoms with Crippen molar-refractivity contribution in [2.45, 2.75) is 19.3 Å². The Morgan fingerprint density at radius 3 is 2.58 bits per heavy atom. The molecule has 0 aromatic rings. The summed E-state index contributed by atoms with van der Waals surface area (Å²) in [5.41, 5.74) is 5.51. The Morgan fingerprint density at radius 1 is 1.42 bits per heavy atom. The molecule has 0 amide bonds. The van der Waals surface area contributed by atoms with Gasteiger partial charge in [-0.2, -0.15) is 0 Å². The van der Waals surface area contributed by atoms with Crippen LogP contribution >= 0.6 is 0 Å². The maximum atomic E-state index is 8.95. The van der Waals surface area contributed by atoms with Gasteiger partial charge in [-0.05, 0) is 37.6 Å². The molecule has 0 aromatic carbocycles. The van der Waals surface area contributed by atoms with Crippen LogP contribution in [0.1, 0.15) is 19.3 Å². The summed E-state index contributed by atoms with van der Waals surface area (Å²) < 4.78 is 5.25. The highest BCUT2D eigenvalue weighted by Crippen LogP contribution is 2.22. The van der Waals surface area contributed by atoms with E-state index in [1.807, 2.05) is 0 Å². The zero-order valence-corrected chi connectivity index (χ0v) is 7.54. The number of aliphatic hydroxyl groups is 1. The molecule has 0 bridgehead atoms. The topological polar surface area (TPSA) is 55.5 Å². The highest BCUT2D eigenvalue weighted by atomic mass is 16.5. The minimum Gasteiger partial charge on any atom is -0.396 e. The Morgan fingerprint density at radius 2 is 2.08 bits per heavy atom. The van der Waals surface area contributed by atoms with Crippen LogP contribution in [0.2, 0.25) is 0 Å². The van der Waals surface area contributed by atoms with Gasteiger partial charge in [-0.25, -0.2) is 0 Å². The molecule has 1 aliphatic rings. The highest BCUT2D eigenvalue weighted by Gasteiger charge is 2.17. The second-order valence-corrected chi connectivity index (χ2v) is 3.58. The van der Waals surface area contributed by atoms with E-state index in [0.717, 1.165) is 38.4 Å². The van der Waals surface area contributed by atoms with E-state index in [1.165, 1.54) is 0 Å². The number of ether oxygens (including phenoxy) is 1. The number of nitrogens with two attached hydrogens (primary N) is 1. The van der Waals surface area contributed by atoms with Crippen LogP contribution in [0.5, 0.6) is 0 Å². The van der Waals surface area contributed by atoms with Gasteiger partial charge in [0.05, 0.1) is 0 Å². The first kappa shape index (κ1) is 9.96. The lowest BCUT2D eigenvalue weighted by Crippen LogP contribution is -2.24. The summed E-state index contributed by atoms with van der Waals surface area (Å²) in [5, 5.41) is 8.95. The van der Waals surface area contributed by atoms with E-state index in [1.54, 1.807) is 0 Å². The second-order valence-electron chi connectivity index (χ2n) is 3.58. The Bertz CT molecular complexity index is 109. The minimum atomic E-state index is 0.230. The summed E-state index contributed by atoms with van der Waals surface area (Å²) in [6.07, 6.45) is 3.34. The Kier molecular flexibility index (Phi) is 4.58. The lowest BCUT2D eigenvalue weighted by atomic mass is 9.89. The molecule has 1 aliphatic heterocycles. The summed E-state index contributed by atoms with van der Waals surface area (Å²) in [5.74, 6) is 1.02. The summed E-state index contributed by atoms with van der Waals surface area (Å²) >= 11 is 0. The second kappa shape index (κ2) is 5.51. The van der Waals surface area contributed by atoms with Crippen molar-refractivity contribution in [3.05, 3.63) is 0 Å². The predicted molar refractivity (Wildman–Crippen MR) is 47.8 cm³/mol. The van der Waals surface area contributed by atoms with Crippen molar-refractivity contribution >= 4 is 0 Å². The number of aliphatic hydroxyl groups excluding tert-OH is 1. The first-order valence-corrected chi connectivity index (χ1v) is 4.75. The van der Waals surface area contributed by atoms with Gasteiger partial charge in [-0.15, -0.1) is 0 Å². The monoisotopic (exact) mass is 173 g/mol. The minimum absolute atomic E-state index is 0.230. The standard InChI is InChI=1S/C9H19NO2/c10-6-9(7-11)5-8-1-3-12-4-2-8/h8-9,11H,1-7,10H2/t9-/m1/s1. The van der Waals surface area contributed by atoms with Crippen molar-refractivity contribution in [2.24, 2.45) is 17.6 Å². The first-order valence-electron chi connectivity index (χ1n) is 4.75. The molecule has 12 heavy (non-hydrogen) atoms. The largest absolute Gasteiger partial charge is 0.396 e. The fourth-order valence-corrected chi connectivity index (χ4v) is 1.70. The normalized spacial score (nSPS) is 22.5. The average molecular weight is 173 g/mol. The number of hydrogen-bond donors (Lipinski definition) is 2. The van der Waals surface area contributed by atoms with E-state index >= 15 is 0 Å². The van der Waals surface area contributed by atoms with Gasteiger partial charge < -0.3 is 15.6 Å². The van der Waals surface area contributed by atoms with Crippen molar-refractivity contribution in [1.82, 2.24) is 0 Å². The van der Waals surface area contributed by atoms with Crippen LogP contribution < -0.4 is 5.73 Å². The molecular formula is C9H19NO2. The molecule has 1 heterocycles. The molecule has 72 valence electrons. The van der Waals surface area contributed by atoms with Gasteiger partial charge in [-0.1, -0.05) is 0 Å². The highest BCUT2D eigenvalue weighted by molar-refractivity contribution is 4.69. The molecule has 0 saturated carbocycles. The van der Waals surface area contributed by atoms with Crippen LogP contribution in [-0.2, 0) is 4.74 Å². The van der Waals surface area contributed by atoms with E-state index in [0.29, 0.717) is 12.5 Å². The first-order chi connectivity index (χ1) is 5.86. The predicted octanol–water partition coefficient (Wildman–Crippen LogP) is 0.370. The number of hydrogen-bond acceptors (Lipinski definition) is 3. The smallest absolute Gasteiger partial charge is 0.0471 e. The molecule has 0 aliphatic carbocycles. The summed E-state index contributed by atoms with van der Waals surface area (Å²) in [6, 6.07) is 0. The molecule has 3 N–H and O–H groups in total. The fourth-order valence-electron chi connectivity index (χ4n) is 1.70. The van der Waals surface area contributed by atoms with Crippen LogP contribution in [0.3, 0.4) is 0 Å². The van der Waals surface area contributed by atoms with Crippen molar-refractivity contribution in [1.29, 1.82) is 0 Å². The molecule has 3 nitrogen and oxygen atoms in total. The lowest BCUT2D eigenvalue weighted by molar-refractivity contribution is 0.0547. The molecular weight excluding hydrogens is 154 g/mol. The van der Waals surface area contributed by atoms with Gasteiger partial charge in [0.25, 0.3) is 0 Å². The van der Waals surface area contributed by atoms with Crippen molar-refractivity contribution in [2.75, 3.05) is 26.4 Å². The van der Waals surface area contributed by atoms with Crippen LogP contribution in [0.4, 0.5) is 0 Å². The molecule has 0 unspecified atom stereocenters. The fraction of sp³-hybridized carbons (Fsp3) is 1.00. The lowest BCUT2D eigenvalue weighted by Gasteiger charge is -2.24. The van der Waals surface area contributed by atoms with Crippen molar-refractivity contribution < 1.29 is 9.84 Å². The van der Waals surface area contributed by atoms with Gasteiger partial charge in [-0.3, -0.25) is 0 Å². The van der Waals surface area contributed by atoms with Gasteiger partial charge in [0.15, 0.2) is 0 Å². The van der Waals surface area contributed by atoms with Crippen LogP contribution in [-0.4, -0.2) is 31.5 Å². The molecule has 1 rings (SSSR count). The van der Waals surface area contributed by atoms with Crippen LogP contribution in [0.25, 0.3) is 0 Å². The van der Waals surface area contributed by atoms with Crippen molar-refractivity contribution in [3.8, 4) is 0 Å². The summed E-state index contributed by atoms with van der Waals surface area (Å²) in [6.45, 7) is 2.60. The molecule has 0 aromatic heterocycles. The molecule has 1 atom stereocenters. The molecule has 0 radical (unpaired) electrons. The van der Waals surface area contributed by atoms with Gasteiger partial charge in [0.1, 0.15) is 0 Å².